The third kappa shape index (κ3) is 3.72. The molecule has 0 saturated carbocycles. The van der Waals surface area contributed by atoms with E-state index in [0.29, 0.717) is 31.5 Å². The molecule has 0 bridgehead atoms. The average molecular weight is 403 g/mol. The molecule has 154 valence electrons. The normalized spacial score (nSPS) is 16.8. The molecule has 0 unspecified atom stereocenters. The number of nitrogens with one attached hydrogen (secondary N) is 2. The third-order valence-corrected chi connectivity index (χ3v) is 5.90. The fraction of sp³-hybridized carbons (Fsp3) is 0.364. The lowest BCUT2D eigenvalue weighted by atomic mass is 9.87. The minimum Gasteiger partial charge on any atom is -0.356 e. The van der Waals surface area contributed by atoms with E-state index in [2.05, 4.69) is 31.2 Å². The van der Waals surface area contributed by atoms with Gasteiger partial charge in [-0.25, -0.2) is 9.97 Å². The van der Waals surface area contributed by atoms with Gasteiger partial charge in [0.05, 0.1) is 28.6 Å². The Balaban J connectivity index is 1.43. The van der Waals surface area contributed by atoms with E-state index in [9.17, 15) is 4.79 Å². The Morgan fingerprint density at radius 3 is 2.70 bits per heavy atom. The van der Waals surface area contributed by atoms with Crippen molar-refractivity contribution in [3.63, 3.8) is 0 Å². The van der Waals surface area contributed by atoms with Gasteiger partial charge in [-0.05, 0) is 43.0 Å². The molecule has 0 radical (unpaired) electrons. The molecule has 1 fully saturated rings. The van der Waals surface area contributed by atoms with E-state index in [0.717, 1.165) is 28.8 Å². The van der Waals surface area contributed by atoms with E-state index in [1.54, 1.807) is 18.5 Å². The topological polar surface area (TPSA) is 124 Å². The van der Waals surface area contributed by atoms with Crippen molar-refractivity contribution >= 4 is 22.8 Å². The number of amides is 1. The van der Waals surface area contributed by atoms with Gasteiger partial charge in [0.2, 0.25) is 5.91 Å². The molecule has 1 aliphatic heterocycles. The first-order valence-electron chi connectivity index (χ1n) is 10.2. The number of fused-ring (bicyclic) bond motifs is 1. The predicted octanol–water partition coefficient (Wildman–Crippen LogP) is 2.39. The number of hydrogen-bond donors (Lipinski definition) is 3. The highest BCUT2D eigenvalue weighted by Gasteiger charge is 2.39. The van der Waals surface area contributed by atoms with E-state index >= 15 is 0 Å². The molecule has 30 heavy (non-hydrogen) atoms. The molecule has 1 aromatic carbocycles. The Morgan fingerprint density at radius 2 is 2.03 bits per heavy atom. The Morgan fingerprint density at radius 1 is 1.30 bits per heavy atom. The zero-order valence-corrected chi connectivity index (χ0v) is 16.9. The van der Waals surface area contributed by atoms with Crippen molar-refractivity contribution in [2.45, 2.75) is 37.8 Å². The summed E-state index contributed by atoms with van der Waals surface area (Å²) < 4.78 is 0. The maximum Gasteiger partial charge on any atom is 0.240 e. The number of aromatic nitrogens is 3. The number of aromatic amines is 1. The summed E-state index contributed by atoms with van der Waals surface area (Å²) in [5.41, 5.74) is 8.00. The van der Waals surface area contributed by atoms with Crippen LogP contribution in [0, 0.1) is 11.3 Å². The van der Waals surface area contributed by atoms with Crippen molar-refractivity contribution in [1.82, 2.24) is 20.3 Å². The van der Waals surface area contributed by atoms with Crippen molar-refractivity contribution in [1.29, 1.82) is 5.26 Å². The first kappa shape index (κ1) is 19.9. The number of carbonyl (C=O) groups is 1. The van der Waals surface area contributed by atoms with Crippen LogP contribution >= 0.6 is 0 Å². The summed E-state index contributed by atoms with van der Waals surface area (Å²) >= 11 is 0. The van der Waals surface area contributed by atoms with Gasteiger partial charge in [0, 0.05) is 19.3 Å². The van der Waals surface area contributed by atoms with Crippen LogP contribution in [0.4, 0.5) is 5.82 Å². The molecular formula is C22H25N7O. The maximum atomic E-state index is 13.1. The van der Waals surface area contributed by atoms with Crippen LogP contribution in [0.1, 0.15) is 43.4 Å². The van der Waals surface area contributed by atoms with Crippen LogP contribution in [0.15, 0.2) is 42.9 Å². The lowest BCUT2D eigenvalue weighted by Crippen LogP contribution is -2.60. The van der Waals surface area contributed by atoms with E-state index in [1.807, 2.05) is 31.3 Å². The molecule has 0 aliphatic carbocycles. The lowest BCUT2D eigenvalue weighted by Gasteiger charge is -2.39. The SMILES string of the molecule is CC[C@H](NC(=O)C1(N)CCN(c2ncnc3[nH]ccc23)CC1)c1ccc(C#N)cc1. The number of carbonyl (C=O) groups excluding carboxylic acids is 1. The Kier molecular flexibility index (Phi) is 5.38. The molecule has 0 spiro atoms. The minimum absolute atomic E-state index is 0.132. The van der Waals surface area contributed by atoms with Crippen LogP contribution < -0.4 is 16.0 Å². The summed E-state index contributed by atoms with van der Waals surface area (Å²) in [6.45, 7) is 3.32. The van der Waals surface area contributed by atoms with Crippen LogP contribution in [0.2, 0.25) is 0 Å². The van der Waals surface area contributed by atoms with Crippen molar-refractivity contribution in [2.75, 3.05) is 18.0 Å². The van der Waals surface area contributed by atoms with Gasteiger partial charge in [0.25, 0.3) is 0 Å². The summed E-state index contributed by atoms with van der Waals surface area (Å²) in [5.74, 6) is 0.737. The van der Waals surface area contributed by atoms with E-state index in [4.69, 9.17) is 11.0 Å². The summed E-state index contributed by atoms with van der Waals surface area (Å²) in [6.07, 6.45) is 5.22. The number of hydrogen-bond acceptors (Lipinski definition) is 6. The van der Waals surface area contributed by atoms with Crippen LogP contribution in [-0.4, -0.2) is 39.5 Å². The van der Waals surface area contributed by atoms with Gasteiger partial charge in [0.15, 0.2) is 0 Å². The number of nitrogens with zero attached hydrogens (tertiary/aromatic N) is 4. The minimum atomic E-state index is -0.916. The quantitative estimate of drug-likeness (QED) is 0.601. The molecule has 3 heterocycles. The van der Waals surface area contributed by atoms with Gasteiger partial charge in [-0.2, -0.15) is 5.26 Å². The second-order valence-electron chi connectivity index (χ2n) is 7.75. The highest BCUT2D eigenvalue weighted by atomic mass is 16.2. The van der Waals surface area contributed by atoms with Crippen LogP contribution in [-0.2, 0) is 4.79 Å². The molecule has 8 nitrogen and oxygen atoms in total. The standard InChI is InChI=1S/C22H25N7O/c1-2-18(16-5-3-15(13-23)4-6-16)28-21(30)22(24)8-11-29(12-9-22)20-17-7-10-25-19(17)26-14-27-20/h3-7,10,14,18H,2,8-9,11-12,24H2,1H3,(H,28,30)(H,25,26,27)/t18-/m0/s1. The molecule has 8 heteroatoms. The van der Waals surface area contributed by atoms with Crippen molar-refractivity contribution in [2.24, 2.45) is 5.73 Å². The number of nitrogens with two attached hydrogens (primary N) is 1. The number of H-pyrrole nitrogens is 1. The number of benzene rings is 1. The molecule has 2 aromatic heterocycles. The third-order valence-electron chi connectivity index (χ3n) is 5.90. The molecular weight excluding hydrogens is 378 g/mol. The molecule has 1 amide bonds. The van der Waals surface area contributed by atoms with E-state index in [-0.39, 0.29) is 11.9 Å². The molecule has 3 aromatic rings. The van der Waals surface area contributed by atoms with Crippen molar-refractivity contribution in [3.05, 3.63) is 54.0 Å². The zero-order chi connectivity index (χ0) is 21.1. The van der Waals surface area contributed by atoms with Gasteiger partial charge in [0.1, 0.15) is 17.8 Å². The summed E-state index contributed by atoms with van der Waals surface area (Å²) in [7, 11) is 0. The number of rotatable bonds is 5. The highest BCUT2D eigenvalue weighted by Crippen LogP contribution is 2.29. The van der Waals surface area contributed by atoms with Gasteiger partial charge in [-0.1, -0.05) is 19.1 Å². The Hall–Kier alpha value is -3.44. The molecule has 1 atom stereocenters. The fourth-order valence-corrected chi connectivity index (χ4v) is 3.97. The van der Waals surface area contributed by atoms with Gasteiger partial charge >= 0.3 is 0 Å². The average Bonchev–Trinajstić information content (AvgIpc) is 3.27. The molecule has 4 N–H and O–H groups in total. The summed E-state index contributed by atoms with van der Waals surface area (Å²) in [6, 6.07) is 11.2. The molecule has 4 rings (SSSR count). The first-order chi connectivity index (χ1) is 14.5. The van der Waals surface area contributed by atoms with E-state index < -0.39 is 5.54 Å². The maximum absolute atomic E-state index is 13.1. The first-order valence-corrected chi connectivity index (χ1v) is 10.2. The fourth-order valence-electron chi connectivity index (χ4n) is 3.97. The number of anilines is 1. The summed E-state index contributed by atoms with van der Waals surface area (Å²) in [5, 5.41) is 13.1. The lowest BCUT2D eigenvalue weighted by molar-refractivity contribution is -0.127. The number of piperidine rings is 1. The zero-order valence-electron chi connectivity index (χ0n) is 16.9. The van der Waals surface area contributed by atoms with Gasteiger partial charge in [-0.3, -0.25) is 4.79 Å². The predicted molar refractivity (Wildman–Crippen MR) is 115 cm³/mol. The second-order valence-corrected chi connectivity index (χ2v) is 7.75. The van der Waals surface area contributed by atoms with Crippen LogP contribution in [0.3, 0.4) is 0 Å². The van der Waals surface area contributed by atoms with Crippen LogP contribution in [0.25, 0.3) is 11.0 Å². The van der Waals surface area contributed by atoms with Gasteiger partial charge < -0.3 is 20.9 Å². The molecule has 1 saturated heterocycles. The van der Waals surface area contributed by atoms with Crippen molar-refractivity contribution < 1.29 is 4.79 Å². The Labute approximate surface area is 175 Å². The van der Waals surface area contributed by atoms with Crippen molar-refractivity contribution in [3.8, 4) is 6.07 Å². The highest BCUT2D eigenvalue weighted by molar-refractivity contribution is 5.89. The summed E-state index contributed by atoms with van der Waals surface area (Å²) in [4.78, 5) is 27.0. The largest absolute Gasteiger partial charge is 0.356 e. The van der Waals surface area contributed by atoms with Crippen LogP contribution in [0.5, 0.6) is 0 Å². The smallest absolute Gasteiger partial charge is 0.240 e. The van der Waals surface area contributed by atoms with Gasteiger partial charge in [-0.15, -0.1) is 0 Å². The number of nitriles is 1. The molecule has 1 aliphatic rings. The second kappa shape index (κ2) is 8.13. The van der Waals surface area contributed by atoms with E-state index in [1.165, 1.54) is 0 Å². The monoisotopic (exact) mass is 403 g/mol. The Bertz CT molecular complexity index is 1070.